The van der Waals surface area contributed by atoms with Gasteiger partial charge < -0.3 is 14.7 Å². The number of aliphatic hydroxyl groups excluding tert-OH is 1. The van der Waals surface area contributed by atoms with Crippen molar-refractivity contribution in [2.24, 2.45) is 0 Å². The third-order valence-corrected chi connectivity index (χ3v) is 4.93. The van der Waals surface area contributed by atoms with Crippen LogP contribution in [0.25, 0.3) is 0 Å². The Hall–Kier alpha value is -2.38. The summed E-state index contributed by atoms with van der Waals surface area (Å²) in [5.41, 5.74) is 2.59. The largest absolute Gasteiger partial charge is 0.490 e. The lowest BCUT2D eigenvalue weighted by atomic mass is 10.2. The molecule has 7 nitrogen and oxygen atoms in total. The molecule has 4 rings (SSSR count). The molecule has 2 aliphatic rings. The zero-order valence-corrected chi connectivity index (χ0v) is 15.0. The molecule has 2 aliphatic heterocycles. The van der Waals surface area contributed by atoms with E-state index in [-0.39, 0.29) is 5.91 Å². The second-order valence-corrected chi connectivity index (χ2v) is 6.89. The molecule has 1 N–H and O–H groups in total. The standard InChI is InChI=1S/C19H24N4O3/c1-14(24)16-11-15-12-21(7-4-8-23(15)20-16)13-19(25)22-9-10-26-18-6-3-2-5-17(18)22/h2-3,5-6,11,14,24H,4,7-10,12-13H2,1H3. The number of rotatable bonds is 3. The summed E-state index contributed by atoms with van der Waals surface area (Å²) in [6, 6.07) is 9.62. The highest BCUT2D eigenvalue weighted by atomic mass is 16.5. The number of fused-ring (bicyclic) bond motifs is 2. The lowest BCUT2D eigenvalue weighted by Gasteiger charge is -2.31. The molecule has 1 atom stereocenters. The van der Waals surface area contributed by atoms with E-state index in [1.54, 1.807) is 6.92 Å². The average Bonchev–Trinajstić information content (AvgIpc) is 2.95. The molecule has 0 radical (unpaired) electrons. The van der Waals surface area contributed by atoms with Crippen molar-refractivity contribution in [3.05, 3.63) is 41.7 Å². The van der Waals surface area contributed by atoms with E-state index < -0.39 is 6.10 Å². The van der Waals surface area contributed by atoms with Crippen molar-refractivity contribution in [3.63, 3.8) is 0 Å². The fourth-order valence-electron chi connectivity index (χ4n) is 3.60. The first-order valence-electron chi connectivity index (χ1n) is 9.11. The maximum absolute atomic E-state index is 12.9. The summed E-state index contributed by atoms with van der Waals surface area (Å²) in [7, 11) is 0. The molecule has 0 saturated carbocycles. The van der Waals surface area contributed by atoms with Gasteiger partial charge in [0.15, 0.2) is 0 Å². The van der Waals surface area contributed by atoms with Crippen LogP contribution in [0.5, 0.6) is 5.75 Å². The highest BCUT2D eigenvalue weighted by Crippen LogP contribution is 2.31. The number of amides is 1. The van der Waals surface area contributed by atoms with Gasteiger partial charge in [0.05, 0.1) is 36.3 Å². The van der Waals surface area contributed by atoms with Gasteiger partial charge >= 0.3 is 0 Å². The number of hydrogen-bond donors (Lipinski definition) is 1. The van der Waals surface area contributed by atoms with E-state index in [2.05, 4.69) is 10.00 Å². The first kappa shape index (κ1) is 17.1. The van der Waals surface area contributed by atoms with Crippen LogP contribution in [0.2, 0.25) is 0 Å². The Bertz CT molecular complexity index is 802. The molecule has 0 bridgehead atoms. The Morgan fingerprint density at radius 3 is 3.00 bits per heavy atom. The Morgan fingerprint density at radius 2 is 2.15 bits per heavy atom. The predicted molar refractivity (Wildman–Crippen MR) is 97.0 cm³/mol. The van der Waals surface area contributed by atoms with Crippen LogP contribution in [-0.4, -0.2) is 51.9 Å². The van der Waals surface area contributed by atoms with E-state index in [1.165, 1.54) is 0 Å². The van der Waals surface area contributed by atoms with Crippen LogP contribution in [0, 0.1) is 0 Å². The summed E-state index contributed by atoms with van der Waals surface area (Å²) in [4.78, 5) is 16.9. The Kier molecular flexibility index (Phi) is 4.65. The van der Waals surface area contributed by atoms with Crippen LogP contribution in [0.1, 0.15) is 30.8 Å². The van der Waals surface area contributed by atoms with E-state index in [4.69, 9.17) is 4.74 Å². The van der Waals surface area contributed by atoms with Gasteiger partial charge in [0.25, 0.3) is 0 Å². The van der Waals surface area contributed by atoms with E-state index in [0.717, 1.165) is 36.6 Å². The Balaban J connectivity index is 1.48. The number of carbonyl (C=O) groups is 1. The molecule has 0 aliphatic carbocycles. The van der Waals surface area contributed by atoms with Crippen molar-refractivity contribution in [1.29, 1.82) is 0 Å². The number of aliphatic hydroxyl groups is 1. The zero-order chi connectivity index (χ0) is 18.1. The predicted octanol–water partition coefficient (Wildman–Crippen LogP) is 1.57. The number of anilines is 1. The maximum atomic E-state index is 12.9. The smallest absolute Gasteiger partial charge is 0.241 e. The highest BCUT2D eigenvalue weighted by molar-refractivity contribution is 5.96. The lowest BCUT2D eigenvalue weighted by Crippen LogP contribution is -2.44. The average molecular weight is 356 g/mol. The van der Waals surface area contributed by atoms with Gasteiger partial charge in [-0.25, -0.2) is 0 Å². The van der Waals surface area contributed by atoms with Crippen LogP contribution in [0.4, 0.5) is 5.69 Å². The first-order valence-corrected chi connectivity index (χ1v) is 9.11. The normalized spacial score (nSPS) is 18.5. The number of para-hydroxylation sites is 2. The molecule has 0 saturated heterocycles. The summed E-state index contributed by atoms with van der Waals surface area (Å²) in [5, 5.41) is 14.2. The van der Waals surface area contributed by atoms with Gasteiger partial charge in [-0.05, 0) is 31.5 Å². The van der Waals surface area contributed by atoms with Crippen LogP contribution in [-0.2, 0) is 17.9 Å². The van der Waals surface area contributed by atoms with Crippen molar-refractivity contribution in [2.45, 2.75) is 32.5 Å². The number of ether oxygens (including phenoxy) is 1. The van der Waals surface area contributed by atoms with Gasteiger partial charge in [0.2, 0.25) is 5.91 Å². The third kappa shape index (κ3) is 3.32. The number of aromatic nitrogens is 2. The fraction of sp³-hybridized carbons (Fsp3) is 0.474. The summed E-state index contributed by atoms with van der Waals surface area (Å²) in [6.45, 7) is 5.51. The zero-order valence-electron chi connectivity index (χ0n) is 15.0. The third-order valence-electron chi connectivity index (χ3n) is 4.93. The maximum Gasteiger partial charge on any atom is 0.241 e. The Labute approximate surface area is 152 Å². The summed E-state index contributed by atoms with van der Waals surface area (Å²) in [6.07, 6.45) is 0.357. The quantitative estimate of drug-likeness (QED) is 0.904. The van der Waals surface area contributed by atoms with E-state index >= 15 is 0 Å². The van der Waals surface area contributed by atoms with Crippen LogP contribution in [0.3, 0.4) is 0 Å². The van der Waals surface area contributed by atoms with Gasteiger partial charge in [-0.1, -0.05) is 12.1 Å². The second-order valence-electron chi connectivity index (χ2n) is 6.89. The van der Waals surface area contributed by atoms with Crippen LogP contribution < -0.4 is 9.64 Å². The summed E-state index contributed by atoms with van der Waals surface area (Å²) < 4.78 is 7.60. The molecule has 0 spiro atoms. The molecule has 3 heterocycles. The second kappa shape index (κ2) is 7.09. The number of hydrogen-bond acceptors (Lipinski definition) is 5. The fourth-order valence-corrected chi connectivity index (χ4v) is 3.60. The van der Waals surface area contributed by atoms with Crippen molar-refractivity contribution in [3.8, 4) is 5.75 Å². The number of aryl methyl sites for hydroxylation is 1. The van der Waals surface area contributed by atoms with Gasteiger partial charge in [-0.2, -0.15) is 5.10 Å². The molecule has 138 valence electrons. The minimum Gasteiger partial charge on any atom is -0.490 e. The monoisotopic (exact) mass is 356 g/mol. The van der Waals surface area contributed by atoms with Crippen LogP contribution >= 0.6 is 0 Å². The molecule has 7 heteroatoms. The highest BCUT2D eigenvalue weighted by Gasteiger charge is 2.26. The van der Waals surface area contributed by atoms with E-state index in [0.29, 0.717) is 31.9 Å². The Morgan fingerprint density at radius 1 is 1.31 bits per heavy atom. The molecule has 26 heavy (non-hydrogen) atoms. The number of carbonyl (C=O) groups excluding carboxylic acids is 1. The minimum absolute atomic E-state index is 0.0875. The van der Waals surface area contributed by atoms with E-state index in [9.17, 15) is 9.90 Å². The van der Waals surface area contributed by atoms with Crippen molar-refractivity contribution in [2.75, 3.05) is 31.1 Å². The SMILES string of the molecule is CC(O)c1cc2n(n1)CCCN(CC(=O)N1CCOc3ccccc31)C2. The molecule has 1 unspecified atom stereocenters. The van der Waals surface area contributed by atoms with Crippen LogP contribution in [0.15, 0.2) is 30.3 Å². The van der Waals surface area contributed by atoms with E-state index in [1.807, 2.05) is 39.9 Å². The molecule has 1 aromatic carbocycles. The molecular weight excluding hydrogens is 332 g/mol. The lowest BCUT2D eigenvalue weighted by molar-refractivity contribution is -0.120. The molecule has 1 aromatic heterocycles. The van der Waals surface area contributed by atoms with Crippen molar-refractivity contribution in [1.82, 2.24) is 14.7 Å². The van der Waals surface area contributed by atoms with Gasteiger partial charge in [-0.3, -0.25) is 14.4 Å². The summed E-state index contributed by atoms with van der Waals surface area (Å²) in [5.74, 6) is 0.854. The van der Waals surface area contributed by atoms with Gasteiger partial charge in [0, 0.05) is 19.6 Å². The van der Waals surface area contributed by atoms with Gasteiger partial charge in [-0.15, -0.1) is 0 Å². The molecule has 2 aromatic rings. The first-order chi connectivity index (χ1) is 12.6. The van der Waals surface area contributed by atoms with Gasteiger partial charge in [0.1, 0.15) is 12.4 Å². The number of benzene rings is 1. The molecule has 0 fully saturated rings. The number of nitrogens with zero attached hydrogens (tertiary/aromatic N) is 4. The van der Waals surface area contributed by atoms with Crippen molar-refractivity contribution >= 4 is 11.6 Å². The summed E-state index contributed by atoms with van der Waals surface area (Å²) >= 11 is 0. The minimum atomic E-state index is -0.575. The molecular formula is C19H24N4O3. The van der Waals surface area contributed by atoms with Crippen molar-refractivity contribution < 1.29 is 14.6 Å². The topological polar surface area (TPSA) is 70.8 Å². The molecule has 1 amide bonds.